The lowest BCUT2D eigenvalue weighted by atomic mass is 9.81. The second kappa shape index (κ2) is 5.63. The van der Waals surface area contributed by atoms with E-state index in [4.69, 9.17) is 0 Å². The molecule has 0 atom stereocenters. The Balaban J connectivity index is 1.86. The highest BCUT2D eigenvalue weighted by Crippen LogP contribution is 2.37. The number of nitrogens with zero attached hydrogens (tertiary/aromatic N) is 1. The van der Waals surface area contributed by atoms with Crippen molar-refractivity contribution in [2.45, 2.75) is 25.5 Å². The molecular formula is C19H23NO. The maximum atomic E-state index is 10.2. The van der Waals surface area contributed by atoms with Gasteiger partial charge in [-0.2, -0.15) is 0 Å². The summed E-state index contributed by atoms with van der Waals surface area (Å²) in [4.78, 5) is 2.45. The van der Waals surface area contributed by atoms with E-state index in [1.807, 2.05) is 13.8 Å². The Kier molecular flexibility index (Phi) is 3.83. The number of rotatable bonds is 4. The van der Waals surface area contributed by atoms with Crippen LogP contribution in [0.1, 0.15) is 31.0 Å². The zero-order chi connectivity index (χ0) is 14.9. The van der Waals surface area contributed by atoms with Crippen LogP contribution in [0.4, 0.5) is 0 Å². The van der Waals surface area contributed by atoms with E-state index in [-0.39, 0.29) is 6.04 Å². The smallest absolute Gasteiger partial charge is 0.0644 e. The van der Waals surface area contributed by atoms with Crippen molar-refractivity contribution in [3.05, 3.63) is 71.8 Å². The average Bonchev–Trinajstić information content (AvgIpc) is 2.42. The fourth-order valence-corrected chi connectivity index (χ4v) is 3.06. The van der Waals surface area contributed by atoms with E-state index in [0.717, 1.165) is 13.1 Å². The highest BCUT2D eigenvalue weighted by Gasteiger charge is 2.41. The summed E-state index contributed by atoms with van der Waals surface area (Å²) in [6.07, 6.45) is 0. The summed E-state index contributed by atoms with van der Waals surface area (Å²) in [5.74, 6) is 0.354. The molecule has 2 aromatic rings. The van der Waals surface area contributed by atoms with Gasteiger partial charge in [0.2, 0.25) is 0 Å². The molecule has 0 unspecified atom stereocenters. The van der Waals surface area contributed by atoms with Gasteiger partial charge in [-0.3, -0.25) is 4.90 Å². The molecule has 0 amide bonds. The van der Waals surface area contributed by atoms with Crippen LogP contribution in [-0.4, -0.2) is 28.7 Å². The van der Waals surface area contributed by atoms with Crippen LogP contribution in [0.15, 0.2) is 60.7 Å². The molecular weight excluding hydrogens is 258 g/mol. The topological polar surface area (TPSA) is 23.5 Å². The Morgan fingerprint density at radius 2 is 1.33 bits per heavy atom. The van der Waals surface area contributed by atoms with Crippen molar-refractivity contribution in [1.29, 1.82) is 0 Å². The summed E-state index contributed by atoms with van der Waals surface area (Å²) in [7, 11) is 0. The highest BCUT2D eigenvalue weighted by atomic mass is 16.3. The van der Waals surface area contributed by atoms with Crippen LogP contribution in [0.25, 0.3) is 0 Å². The predicted molar refractivity (Wildman–Crippen MR) is 86.1 cm³/mol. The average molecular weight is 281 g/mol. The van der Waals surface area contributed by atoms with Gasteiger partial charge in [0.1, 0.15) is 0 Å². The summed E-state index contributed by atoms with van der Waals surface area (Å²) in [6.45, 7) is 5.71. The first-order valence-corrected chi connectivity index (χ1v) is 7.62. The van der Waals surface area contributed by atoms with E-state index in [9.17, 15) is 5.11 Å². The molecule has 21 heavy (non-hydrogen) atoms. The van der Waals surface area contributed by atoms with Gasteiger partial charge >= 0.3 is 0 Å². The number of benzene rings is 2. The molecule has 1 fully saturated rings. The maximum Gasteiger partial charge on any atom is 0.0644 e. The summed E-state index contributed by atoms with van der Waals surface area (Å²) >= 11 is 0. The first-order valence-electron chi connectivity index (χ1n) is 7.62. The molecule has 1 aliphatic rings. The monoisotopic (exact) mass is 281 g/mol. The lowest BCUT2D eigenvalue weighted by Crippen LogP contribution is -2.56. The van der Waals surface area contributed by atoms with Crippen molar-refractivity contribution in [3.63, 3.8) is 0 Å². The molecule has 0 aliphatic carbocycles. The molecule has 0 aromatic heterocycles. The van der Waals surface area contributed by atoms with Gasteiger partial charge in [0.05, 0.1) is 11.6 Å². The van der Waals surface area contributed by atoms with Crippen LogP contribution >= 0.6 is 0 Å². The summed E-state index contributed by atoms with van der Waals surface area (Å²) in [5.41, 5.74) is 2.05. The minimum atomic E-state index is -0.589. The van der Waals surface area contributed by atoms with Crippen molar-refractivity contribution < 1.29 is 5.11 Å². The molecule has 1 heterocycles. The van der Waals surface area contributed by atoms with Crippen LogP contribution in [0.2, 0.25) is 0 Å². The van der Waals surface area contributed by atoms with E-state index < -0.39 is 5.60 Å². The minimum Gasteiger partial charge on any atom is -0.390 e. The predicted octanol–water partition coefficient (Wildman–Crippen LogP) is 3.48. The van der Waals surface area contributed by atoms with E-state index in [1.165, 1.54) is 11.1 Å². The Morgan fingerprint density at radius 1 is 0.905 bits per heavy atom. The highest BCUT2D eigenvalue weighted by molar-refractivity contribution is 5.32. The molecule has 0 radical (unpaired) electrons. The standard InChI is InChI=1S/C19H23NO/c1-19(2,21)17-13-20(14-17)18(15-9-5-3-6-10-15)16-11-7-4-8-12-16/h3-12,17-18,21H,13-14H2,1-2H3. The van der Waals surface area contributed by atoms with Crippen molar-refractivity contribution in [1.82, 2.24) is 4.90 Å². The third-order valence-corrected chi connectivity index (χ3v) is 4.50. The fourth-order valence-electron chi connectivity index (χ4n) is 3.06. The van der Waals surface area contributed by atoms with Gasteiger partial charge in [-0.05, 0) is 25.0 Å². The number of likely N-dealkylation sites (tertiary alicyclic amines) is 1. The first-order chi connectivity index (χ1) is 10.1. The molecule has 2 nitrogen and oxygen atoms in total. The van der Waals surface area contributed by atoms with Crippen LogP contribution in [0, 0.1) is 5.92 Å². The molecule has 1 N–H and O–H groups in total. The van der Waals surface area contributed by atoms with Gasteiger partial charge in [0.15, 0.2) is 0 Å². The first kappa shape index (κ1) is 14.3. The van der Waals surface area contributed by atoms with E-state index in [0.29, 0.717) is 5.92 Å². The SMILES string of the molecule is CC(C)(O)C1CN(C(c2ccccc2)c2ccccc2)C1. The Hall–Kier alpha value is -1.64. The second-order valence-electron chi connectivity index (χ2n) is 6.53. The Bertz CT molecular complexity index is 528. The molecule has 2 aromatic carbocycles. The number of hydrogen-bond donors (Lipinski definition) is 1. The quantitative estimate of drug-likeness (QED) is 0.927. The Labute approximate surface area is 127 Å². The Morgan fingerprint density at radius 3 is 1.71 bits per heavy atom. The van der Waals surface area contributed by atoms with Gasteiger partial charge in [0.25, 0.3) is 0 Å². The van der Waals surface area contributed by atoms with E-state index >= 15 is 0 Å². The third-order valence-electron chi connectivity index (χ3n) is 4.50. The number of hydrogen-bond acceptors (Lipinski definition) is 2. The zero-order valence-corrected chi connectivity index (χ0v) is 12.7. The summed E-state index contributed by atoms with van der Waals surface area (Å²) in [6, 6.07) is 21.5. The van der Waals surface area contributed by atoms with Gasteiger partial charge in [-0.1, -0.05) is 60.7 Å². The third kappa shape index (κ3) is 3.02. The van der Waals surface area contributed by atoms with Crippen molar-refractivity contribution >= 4 is 0 Å². The van der Waals surface area contributed by atoms with Gasteiger partial charge in [-0.25, -0.2) is 0 Å². The van der Waals surface area contributed by atoms with Crippen molar-refractivity contribution in [2.75, 3.05) is 13.1 Å². The number of aliphatic hydroxyl groups is 1. The molecule has 0 bridgehead atoms. The second-order valence-corrected chi connectivity index (χ2v) is 6.53. The molecule has 110 valence electrons. The van der Waals surface area contributed by atoms with Crippen LogP contribution < -0.4 is 0 Å². The van der Waals surface area contributed by atoms with Crippen LogP contribution in [-0.2, 0) is 0 Å². The van der Waals surface area contributed by atoms with Crippen molar-refractivity contribution in [3.8, 4) is 0 Å². The fraction of sp³-hybridized carbons (Fsp3) is 0.368. The maximum absolute atomic E-state index is 10.2. The lowest BCUT2D eigenvalue weighted by molar-refractivity contribution is -0.0721. The lowest BCUT2D eigenvalue weighted by Gasteiger charge is -2.49. The molecule has 3 rings (SSSR count). The van der Waals surface area contributed by atoms with Gasteiger partial charge < -0.3 is 5.11 Å². The summed E-state index contributed by atoms with van der Waals surface area (Å²) in [5, 5.41) is 10.2. The van der Waals surface area contributed by atoms with Gasteiger partial charge in [-0.15, -0.1) is 0 Å². The van der Waals surface area contributed by atoms with E-state index in [1.54, 1.807) is 0 Å². The zero-order valence-electron chi connectivity index (χ0n) is 12.7. The molecule has 0 spiro atoms. The summed E-state index contributed by atoms with van der Waals surface area (Å²) < 4.78 is 0. The molecule has 2 heteroatoms. The van der Waals surface area contributed by atoms with Crippen molar-refractivity contribution in [2.24, 2.45) is 5.92 Å². The normalized spacial score (nSPS) is 17.0. The molecule has 1 aliphatic heterocycles. The van der Waals surface area contributed by atoms with E-state index in [2.05, 4.69) is 65.6 Å². The molecule has 0 saturated carbocycles. The largest absolute Gasteiger partial charge is 0.390 e. The van der Waals surface area contributed by atoms with Crippen LogP contribution in [0.5, 0.6) is 0 Å². The van der Waals surface area contributed by atoms with Crippen LogP contribution in [0.3, 0.4) is 0 Å². The minimum absolute atomic E-state index is 0.283. The molecule has 1 saturated heterocycles. The van der Waals surface area contributed by atoms with Gasteiger partial charge in [0, 0.05) is 19.0 Å².